The lowest BCUT2D eigenvalue weighted by Gasteiger charge is -2.32. The standard InChI is InChI=1S/C22H27N3O3/c1-16-2-4-17(5-3-16)6-7-18-10-12-24(13-11-18)15-20-9-8-19(22(23)26)14-21(20)25(27)28/h2-5,8-9,14,18H,6-7,10-13,15H2,1H3,(H2,23,26). The number of amides is 1. The van der Waals surface area contributed by atoms with Crippen molar-refractivity contribution in [2.75, 3.05) is 13.1 Å². The van der Waals surface area contributed by atoms with E-state index in [0.717, 1.165) is 32.4 Å². The molecule has 0 bridgehead atoms. The molecule has 0 saturated carbocycles. The summed E-state index contributed by atoms with van der Waals surface area (Å²) in [6.07, 6.45) is 4.51. The molecule has 0 radical (unpaired) electrons. The number of carbonyl (C=O) groups excluding carboxylic acids is 1. The summed E-state index contributed by atoms with van der Waals surface area (Å²) in [5, 5.41) is 11.4. The van der Waals surface area contributed by atoms with Crippen molar-refractivity contribution < 1.29 is 9.72 Å². The Morgan fingerprint density at radius 1 is 1.18 bits per heavy atom. The first-order valence-electron chi connectivity index (χ1n) is 9.77. The van der Waals surface area contributed by atoms with Gasteiger partial charge in [-0.05, 0) is 63.2 Å². The molecular formula is C22H27N3O3. The zero-order valence-electron chi connectivity index (χ0n) is 16.3. The third kappa shape index (κ3) is 5.16. The van der Waals surface area contributed by atoms with E-state index in [1.54, 1.807) is 12.1 Å². The minimum Gasteiger partial charge on any atom is -0.366 e. The molecule has 0 spiro atoms. The molecule has 0 atom stereocenters. The first-order chi connectivity index (χ1) is 13.4. The number of rotatable bonds is 7. The Balaban J connectivity index is 1.53. The molecular weight excluding hydrogens is 354 g/mol. The van der Waals surface area contributed by atoms with Crippen LogP contribution in [0.2, 0.25) is 0 Å². The van der Waals surface area contributed by atoms with Gasteiger partial charge in [-0.25, -0.2) is 0 Å². The Kier molecular flexibility index (Phi) is 6.41. The van der Waals surface area contributed by atoms with Gasteiger partial charge in [0.15, 0.2) is 0 Å². The number of benzene rings is 2. The maximum atomic E-state index is 11.4. The molecule has 1 fully saturated rings. The van der Waals surface area contributed by atoms with Crippen LogP contribution in [0, 0.1) is 23.0 Å². The van der Waals surface area contributed by atoms with E-state index in [1.165, 1.54) is 23.6 Å². The average molecular weight is 381 g/mol. The third-order valence-corrected chi connectivity index (χ3v) is 5.63. The molecule has 1 heterocycles. The largest absolute Gasteiger partial charge is 0.366 e. The van der Waals surface area contributed by atoms with E-state index in [1.807, 2.05) is 0 Å². The predicted octanol–water partition coefficient (Wildman–Crippen LogP) is 3.85. The Labute approximate surface area is 165 Å². The van der Waals surface area contributed by atoms with Crippen molar-refractivity contribution >= 4 is 11.6 Å². The summed E-state index contributed by atoms with van der Waals surface area (Å²) in [5.74, 6) is 0.0498. The number of nitrogens with two attached hydrogens (primary N) is 1. The maximum Gasteiger partial charge on any atom is 0.274 e. The summed E-state index contributed by atoms with van der Waals surface area (Å²) in [5.41, 5.74) is 8.69. The lowest BCUT2D eigenvalue weighted by molar-refractivity contribution is -0.385. The van der Waals surface area contributed by atoms with Gasteiger partial charge in [0.2, 0.25) is 5.91 Å². The monoisotopic (exact) mass is 381 g/mol. The smallest absolute Gasteiger partial charge is 0.274 e. The van der Waals surface area contributed by atoms with Gasteiger partial charge in [0.1, 0.15) is 0 Å². The number of nitro benzene ring substituents is 1. The van der Waals surface area contributed by atoms with Crippen LogP contribution in [0.1, 0.15) is 46.3 Å². The van der Waals surface area contributed by atoms with Crippen molar-refractivity contribution in [1.29, 1.82) is 0 Å². The minimum atomic E-state index is -0.649. The van der Waals surface area contributed by atoms with Crippen molar-refractivity contribution in [3.63, 3.8) is 0 Å². The molecule has 1 aliphatic rings. The first-order valence-corrected chi connectivity index (χ1v) is 9.77. The number of hydrogen-bond acceptors (Lipinski definition) is 4. The molecule has 148 valence electrons. The highest BCUT2D eigenvalue weighted by molar-refractivity contribution is 5.93. The van der Waals surface area contributed by atoms with Gasteiger partial charge < -0.3 is 5.73 Å². The number of likely N-dealkylation sites (tertiary alicyclic amines) is 1. The molecule has 0 unspecified atom stereocenters. The molecule has 3 rings (SSSR count). The normalized spacial score (nSPS) is 15.5. The zero-order chi connectivity index (χ0) is 20.1. The quantitative estimate of drug-likeness (QED) is 0.583. The van der Waals surface area contributed by atoms with E-state index in [4.69, 9.17) is 5.73 Å². The van der Waals surface area contributed by atoms with Crippen molar-refractivity contribution in [3.8, 4) is 0 Å². The Morgan fingerprint density at radius 3 is 2.46 bits per heavy atom. The average Bonchev–Trinajstić information content (AvgIpc) is 2.68. The van der Waals surface area contributed by atoms with E-state index in [0.29, 0.717) is 18.0 Å². The van der Waals surface area contributed by atoms with Crippen LogP contribution in [0.5, 0.6) is 0 Å². The number of hydrogen-bond donors (Lipinski definition) is 1. The number of nitrogens with zero attached hydrogens (tertiary/aromatic N) is 2. The number of piperidine rings is 1. The van der Waals surface area contributed by atoms with Crippen molar-refractivity contribution in [2.24, 2.45) is 11.7 Å². The Bertz CT molecular complexity index is 841. The molecule has 28 heavy (non-hydrogen) atoms. The van der Waals surface area contributed by atoms with E-state index in [9.17, 15) is 14.9 Å². The van der Waals surface area contributed by atoms with Gasteiger partial charge in [0.25, 0.3) is 5.69 Å². The minimum absolute atomic E-state index is 0.0298. The second-order valence-electron chi connectivity index (χ2n) is 7.71. The van der Waals surface area contributed by atoms with E-state index < -0.39 is 10.8 Å². The van der Waals surface area contributed by atoms with Gasteiger partial charge in [0, 0.05) is 23.7 Å². The Morgan fingerprint density at radius 2 is 1.86 bits per heavy atom. The third-order valence-electron chi connectivity index (χ3n) is 5.63. The van der Waals surface area contributed by atoms with Crippen LogP contribution in [0.4, 0.5) is 5.69 Å². The van der Waals surface area contributed by atoms with Gasteiger partial charge in [0.05, 0.1) is 4.92 Å². The molecule has 2 N–H and O–H groups in total. The second kappa shape index (κ2) is 8.97. The molecule has 6 nitrogen and oxygen atoms in total. The summed E-state index contributed by atoms with van der Waals surface area (Å²) in [6, 6.07) is 13.2. The number of primary amides is 1. The number of nitro groups is 1. The lowest BCUT2D eigenvalue weighted by atomic mass is 9.90. The number of carbonyl (C=O) groups is 1. The molecule has 2 aromatic carbocycles. The highest BCUT2D eigenvalue weighted by Crippen LogP contribution is 2.27. The highest BCUT2D eigenvalue weighted by atomic mass is 16.6. The zero-order valence-corrected chi connectivity index (χ0v) is 16.3. The van der Waals surface area contributed by atoms with Gasteiger partial charge in [-0.3, -0.25) is 19.8 Å². The molecule has 1 amide bonds. The van der Waals surface area contributed by atoms with Crippen molar-refractivity contribution in [1.82, 2.24) is 4.90 Å². The van der Waals surface area contributed by atoms with Gasteiger partial charge in [-0.2, -0.15) is 0 Å². The Hall–Kier alpha value is -2.73. The van der Waals surface area contributed by atoms with Crippen molar-refractivity contribution in [3.05, 3.63) is 74.8 Å². The highest BCUT2D eigenvalue weighted by Gasteiger charge is 2.23. The summed E-state index contributed by atoms with van der Waals surface area (Å²) in [4.78, 5) is 24.5. The first kappa shape index (κ1) is 20.0. The number of aryl methyl sites for hydroxylation is 2. The van der Waals surface area contributed by atoms with Crippen molar-refractivity contribution in [2.45, 2.75) is 39.2 Å². The van der Waals surface area contributed by atoms with E-state index in [2.05, 4.69) is 36.1 Å². The second-order valence-corrected chi connectivity index (χ2v) is 7.71. The fourth-order valence-corrected chi connectivity index (χ4v) is 3.82. The predicted molar refractivity (Wildman–Crippen MR) is 109 cm³/mol. The molecule has 2 aromatic rings. The van der Waals surface area contributed by atoms with Gasteiger partial charge >= 0.3 is 0 Å². The van der Waals surface area contributed by atoms with E-state index in [-0.39, 0.29) is 11.3 Å². The van der Waals surface area contributed by atoms with Crippen LogP contribution in [-0.4, -0.2) is 28.8 Å². The molecule has 1 aliphatic heterocycles. The molecule has 0 aromatic heterocycles. The van der Waals surface area contributed by atoms with Crippen LogP contribution in [-0.2, 0) is 13.0 Å². The lowest BCUT2D eigenvalue weighted by Crippen LogP contribution is -2.33. The summed E-state index contributed by atoms with van der Waals surface area (Å²) in [7, 11) is 0. The summed E-state index contributed by atoms with van der Waals surface area (Å²) < 4.78 is 0. The van der Waals surface area contributed by atoms with Crippen LogP contribution in [0.25, 0.3) is 0 Å². The van der Waals surface area contributed by atoms with Crippen LogP contribution >= 0.6 is 0 Å². The fraction of sp³-hybridized carbons (Fsp3) is 0.409. The molecule has 1 saturated heterocycles. The topological polar surface area (TPSA) is 89.5 Å². The van der Waals surface area contributed by atoms with E-state index >= 15 is 0 Å². The molecule has 0 aliphatic carbocycles. The summed E-state index contributed by atoms with van der Waals surface area (Å²) in [6.45, 7) is 4.51. The van der Waals surface area contributed by atoms with Crippen LogP contribution in [0.15, 0.2) is 42.5 Å². The van der Waals surface area contributed by atoms with Crippen LogP contribution in [0.3, 0.4) is 0 Å². The summed E-state index contributed by atoms with van der Waals surface area (Å²) >= 11 is 0. The van der Waals surface area contributed by atoms with Gasteiger partial charge in [-0.1, -0.05) is 35.9 Å². The fourth-order valence-electron chi connectivity index (χ4n) is 3.82. The van der Waals surface area contributed by atoms with Gasteiger partial charge in [-0.15, -0.1) is 0 Å². The SMILES string of the molecule is Cc1ccc(CCC2CCN(Cc3ccc(C(N)=O)cc3[N+](=O)[O-])CC2)cc1. The van der Waals surface area contributed by atoms with Crippen LogP contribution < -0.4 is 5.73 Å². The molecule has 6 heteroatoms. The maximum absolute atomic E-state index is 11.4.